The minimum Gasteiger partial charge on any atom is -0.371 e. The molecule has 124 valence electrons. The van der Waals surface area contributed by atoms with Crippen LogP contribution in [0.4, 0.5) is 16.2 Å². The number of rotatable bonds is 3. The number of hydrogen-bond donors (Lipinski definition) is 2. The third-order valence-electron chi connectivity index (χ3n) is 4.00. The molecule has 23 heavy (non-hydrogen) atoms. The van der Waals surface area contributed by atoms with Crippen molar-refractivity contribution in [3.8, 4) is 0 Å². The van der Waals surface area contributed by atoms with Gasteiger partial charge in [-0.3, -0.25) is 4.79 Å². The second-order valence-corrected chi connectivity index (χ2v) is 5.92. The fraction of sp³-hybridized carbons (Fsp3) is 0.500. The standard InChI is InChI=1S/C14H18ClFN6O/c1-8(23)21-5-4-11(10(16)7-21)18-14-19-13(17-2)12-9(15)3-6-22(12)20-14/h3,6,10-11H,4-5,7H2,1-2H3,(H2,17,18,19,20). The van der Waals surface area contributed by atoms with Crippen molar-refractivity contribution < 1.29 is 9.18 Å². The maximum absolute atomic E-state index is 14.3. The molecule has 2 unspecified atom stereocenters. The van der Waals surface area contributed by atoms with E-state index >= 15 is 0 Å². The Kier molecular flexibility index (Phi) is 4.25. The fourth-order valence-corrected chi connectivity index (χ4v) is 2.97. The van der Waals surface area contributed by atoms with Crippen molar-refractivity contribution in [1.82, 2.24) is 19.5 Å². The van der Waals surface area contributed by atoms with Crippen LogP contribution in [0.2, 0.25) is 5.02 Å². The van der Waals surface area contributed by atoms with Crippen molar-refractivity contribution in [2.75, 3.05) is 30.8 Å². The van der Waals surface area contributed by atoms with E-state index in [2.05, 4.69) is 20.7 Å². The van der Waals surface area contributed by atoms with Crippen LogP contribution in [0, 0.1) is 0 Å². The number of carbonyl (C=O) groups excluding carboxylic acids is 1. The fourth-order valence-electron chi connectivity index (χ4n) is 2.74. The third-order valence-corrected chi connectivity index (χ3v) is 4.30. The first kappa shape index (κ1) is 15.8. The van der Waals surface area contributed by atoms with Gasteiger partial charge in [0.05, 0.1) is 17.6 Å². The molecule has 2 N–H and O–H groups in total. The second-order valence-electron chi connectivity index (χ2n) is 5.51. The smallest absolute Gasteiger partial charge is 0.243 e. The van der Waals surface area contributed by atoms with Gasteiger partial charge in [0.15, 0.2) is 5.82 Å². The molecular formula is C14H18ClFN6O. The van der Waals surface area contributed by atoms with Crippen molar-refractivity contribution in [1.29, 1.82) is 0 Å². The number of alkyl halides is 1. The molecule has 3 rings (SSSR count). The Morgan fingerprint density at radius 2 is 2.30 bits per heavy atom. The maximum atomic E-state index is 14.3. The number of carbonyl (C=O) groups is 1. The molecule has 0 aliphatic carbocycles. The lowest BCUT2D eigenvalue weighted by molar-refractivity contribution is -0.131. The van der Waals surface area contributed by atoms with Gasteiger partial charge in [0.25, 0.3) is 0 Å². The van der Waals surface area contributed by atoms with E-state index in [1.807, 2.05) is 0 Å². The quantitative estimate of drug-likeness (QED) is 0.891. The first-order valence-electron chi connectivity index (χ1n) is 7.38. The number of amides is 1. The van der Waals surface area contributed by atoms with Crippen LogP contribution in [0.1, 0.15) is 13.3 Å². The first-order valence-corrected chi connectivity index (χ1v) is 7.76. The van der Waals surface area contributed by atoms with Gasteiger partial charge in [-0.2, -0.15) is 4.98 Å². The summed E-state index contributed by atoms with van der Waals surface area (Å²) in [5.41, 5.74) is 0.669. The van der Waals surface area contributed by atoms with Crippen molar-refractivity contribution in [3.63, 3.8) is 0 Å². The molecule has 0 radical (unpaired) electrons. The molecule has 9 heteroatoms. The van der Waals surface area contributed by atoms with Crippen molar-refractivity contribution >= 4 is 34.8 Å². The van der Waals surface area contributed by atoms with E-state index in [1.165, 1.54) is 11.8 Å². The second kappa shape index (κ2) is 6.19. The van der Waals surface area contributed by atoms with Gasteiger partial charge in [-0.25, -0.2) is 8.91 Å². The van der Waals surface area contributed by atoms with Crippen LogP contribution in [0.3, 0.4) is 0 Å². The van der Waals surface area contributed by atoms with Crippen molar-refractivity contribution in [3.05, 3.63) is 17.3 Å². The van der Waals surface area contributed by atoms with E-state index in [0.717, 1.165) is 0 Å². The van der Waals surface area contributed by atoms with Gasteiger partial charge in [0.2, 0.25) is 11.9 Å². The topological polar surface area (TPSA) is 74.6 Å². The van der Waals surface area contributed by atoms with Gasteiger partial charge >= 0.3 is 0 Å². The van der Waals surface area contributed by atoms with Gasteiger partial charge < -0.3 is 15.5 Å². The zero-order chi connectivity index (χ0) is 16.6. The highest BCUT2D eigenvalue weighted by atomic mass is 35.5. The van der Waals surface area contributed by atoms with Crippen LogP contribution in [-0.2, 0) is 4.79 Å². The zero-order valence-electron chi connectivity index (χ0n) is 12.9. The largest absolute Gasteiger partial charge is 0.371 e. The van der Waals surface area contributed by atoms with Crippen LogP contribution in [0.15, 0.2) is 12.3 Å². The Bertz CT molecular complexity index is 735. The molecule has 0 bridgehead atoms. The van der Waals surface area contributed by atoms with E-state index in [1.54, 1.807) is 23.8 Å². The van der Waals surface area contributed by atoms with Crippen LogP contribution in [0.25, 0.3) is 5.52 Å². The number of likely N-dealkylation sites (tertiary alicyclic amines) is 1. The summed E-state index contributed by atoms with van der Waals surface area (Å²) in [6.07, 6.45) is 1.05. The number of halogens is 2. The lowest BCUT2D eigenvalue weighted by Crippen LogP contribution is -2.49. The summed E-state index contributed by atoms with van der Waals surface area (Å²) in [6, 6.07) is 1.29. The predicted molar refractivity (Wildman–Crippen MR) is 86.7 cm³/mol. The molecule has 0 aromatic carbocycles. The lowest BCUT2D eigenvalue weighted by atomic mass is 10.0. The van der Waals surface area contributed by atoms with Crippen molar-refractivity contribution in [2.24, 2.45) is 0 Å². The van der Waals surface area contributed by atoms with Gasteiger partial charge in [-0.1, -0.05) is 11.6 Å². The van der Waals surface area contributed by atoms with E-state index in [-0.39, 0.29) is 12.5 Å². The number of fused-ring (bicyclic) bond motifs is 1. The van der Waals surface area contributed by atoms with E-state index in [9.17, 15) is 9.18 Å². The van der Waals surface area contributed by atoms with Crippen LogP contribution in [-0.4, -0.2) is 57.8 Å². The van der Waals surface area contributed by atoms with Crippen LogP contribution < -0.4 is 10.6 Å². The highest BCUT2D eigenvalue weighted by Crippen LogP contribution is 2.25. The average molecular weight is 341 g/mol. The highest BCUT2D eigenvalue weighted by molar-refractivity contribution is 6.34. The van der Waals surface area contributed by atoms with Crippen LogP contribution in [0.5, 0.6) is 0 Å². The van der Waals surface area contributed by atoms with Gasteiger partial charge in [-0.15, -0.1) is 5.10 Å². The summed E-state index contributed by atoms with van der Waals surface area (Å²) in [5, 5.41) is 10.8. The Labute approximate surface area is 137 Å². The SMILES string of the molecule is CNc1nc(NC2CCN(C(C)=O)CC2F)nn2ccc(Cl)c12. The molecular weight excluding hydrogens is 323 g/mol. The number of piperidine rings is 1. The van der Waals surface area contributed by atoms with E-state index in [4.69, 9.17) is 11.6 Å². The molecule has 1 fully saturated rings. The van der Waals surface area contributed by atoms with Gasteiger partial charge in [0.1, 0.15) is 11.7 Å². The minimum absolute atomic E-state index is 0.0868. The molecule has 3 heterocycles. The number of nitrogens with zero attached hydrogens (tertiary/aromatic N) is 4. The predicted octanol–water partition coefficient (Wildman–Crippen LogP) is 1.80. The number of nitrogens with one attached hydrogen (secondary N) is 2. The molecule has 1 aliphatic heterocycles. The number of hydrogen-bond acceptors (Lipinski definition) is 5. The van der Waals surface area contributed by atoms with Gasteiger partial charge in [0, 0.05) is 26.7 Å². The normalized spacial score (nSPS) is 21.5. The monoisotopic (exact) mass is 340 g/mol. The molecule has 2 aromatic heterocycles. The Morgan fingerprint density at radius 3 is 2.96 bits per heavy atom. The molecule has 2 atom stereocenters. The summed E-state index contributed by atoms with van der Waals surface area (Å²) in [4.78, 5) is 17.2. The number of aromatic nitrogens is 3. The van der Waals surface area contributed by atoms with Gasteiger partial charge in [-0.05, 0) is 12.5 Å². The van der Waals surface area contributed by atoms with Crippen molar-refractivity contribution in [2.45, 2.75) is 25.6 Å². The lowest BCUT2D eigenvalue weighted by Gasteiger charge is -2.34. The maximum Gasteiger partial charge on any atom is 0.243 e. The van der Waals surface area contributed by atoms with E-state index < -0.39 is 12.2 Å². The first-order chi connectivity index (χ1) is 11.0. The zero-order valence-corrected chi connectivity index (χ0v) is 13.6. The molecule has 7 nitrogen and oxygen atoms in total. The third kappa shape index (κ3) is 3.03. The summed E-state index contributed by atoms with van der Waals surface area (Å²) in [5.74, 6) is 0.773. The minimum atomic E-state index is -1.17. The molecule has 1 aliphatic rings. The summed E-state index contributed by atoms with van der Waals surface area (Å²) >= 11 is 6.11. The molecule has 0 saturated carbocycles. The molecule has 1 amide bonds. The Balaban J connectivity index is 1.80. The summed E-state index contributed by atoms with van der Waals surface area (Å²) in [6.45, 7) is 2.06. The molecule has 2 aromatic rings. The Hall–Kier alpha value is -2.09. The van der Waals surface area contributed by atoms with E-state index in [0.29, 0.717) is 35.3 Å². The Morgan fingerprint density at radius 1 is 1.52 bits per heavy atom. The summed E-state index contributed by atoms with van der Waals surface area (Å²) < 4.78 is 15.9. The summed E-state index contributed by atoms with van der Waals surface area (Å²) in [7, 11) is 1.73. The highest BCUT2D eigenvalue weighted by Gasteiger charge is 2.31. The van der Waals surface area contributed by atoms with Crippen LogP contribution >= 0.6 is 11.6 Å². The molecule has 0 spiro atoms. The molecule has 1 saturated heterocycles. The average Bonchev–Trinajstić information content (AvgIpc) is 2.90. The number of anilines is 2.